The van der Waals surface area contributed by atoms with Gasteiger partial charge in [-0.3, -0.25) is 0 Å². The van der Waals surface area contributed by atoms with Crippen LogP contribution in [0, 0.1) is 17.7 Å². The minimum atomic E-state index is -0.168. The number of methoxy groups -OCH3 is 1. The fraction of sp³-hybridized carbons (Fsp3) is 0.647. The molecule has 1 aromatic rings. The standard InChI is InChI=1S/C17H25FO/c1-13(2)15-8-10-17(19-3,11-9-15)12-14-4-6-16(18)7-5-14/h4-7,13,15H,8-12H2,1-3H3. The predicted octanol–water partition coefficient (Wildman–Crippen LogP) is 4.60. The van der Waals surface area contributed by atoms with E-state index in [-0.39, 0.29) is 11.4 Å². The van der Waals surface area contributed by atoms with E-state index in [1.54, 1.807) is 12.1 Å². The lowest BCUT2D eigenvalue weighted by Crippen LogP contribution is -2.39. The number of benzene rings is 1. The molecule has 1 aromatic carbocycles. The zero-order valence-corrected chi connectivity index (χ0v) is 12.3. The molecule has 0 aliphatic heterocycles. The molecule has 0 radical (unpaired) electrons. The molecule has 0 atom stereocenters. The molecular weight excluding hydrogens is 239 g/mol. The summed E-state index contributed by atoms with van der Waals surface area (Å²) in [4.78, 5) is 0. The van der Waals surface area contributed by atoms with Crippen molar-refractivity contribution in [3.63, 3.8) is 0 Å². The highest BCUT2D eigenvalue weighted by atomic mass is 19.1. The molecule has 0 N–H and O–H groups in total. The van der Waals surface area contributed by atoms with Crippen molar-refractivity contribution in [2.45, 2.75) is 51.6 Å². The fourth-order valence-corrected chi connectivity index (χ4v) is 3.26. The summed E-state index contributed by atoms with van der Waals surface area (Å²) in [5.74, 6) is 1.43. The molecular formula is C17H25FO. The maximum absolute atomic E-state index is 13.0. The third kappa shape index (κ3) is 3.56. The van der Waals surface area contributed by atoms with Crippen LogP contribution in [0.5, 0.6) is 0 Å². The first kappa shape index (κ1) is 14.5. The Balaban J connectivity index is 2.02. The van der Waals surface area contributed by atoms with Gasteiger partial charge in [0.25, 0.3) is 0 Å². The van der Waals surface area contributed by atoms with Crippen LogP contribution >= 0.6 is 0 Å². The lowest BCUT2D eigenvalue weighted by Gasteiger charge is -2.40. The first-order valence-corrected chi connectivity index (χ1v) is 7.34. The van der Waals surface area contributed by atoms with E-state index in [1.165, 1.54) is 18.4 Å². The van der Waals surface area contributed by atoms with Gasteiger partial charge in [-0.05, 0) is 55.2 Å². The monoisotopic (exact) mass is 264 g/mol. The highest BCUT2D eigenvalue weighted by Crippen LogP contribution is 2.39. The molecule has 0 unspecified atom stereocenters. The second-order valence-electron chi connectivity index (χ2n) is 6.27. The van der Waals surface area contributed by atoms with E-state index in [0.717, 1.165) is 31.1 Å². The summed E-state index contributed by atoms with van der Waals surface area (Å²) in [5.41, 5.74) is 1.13. The van der Waals surface area contributed by atoms with Gasteiger partial charge in [-0.2, -0.15) is 0 Å². The minimum Gasteiger partial charge on any atom is -0.378 e. The molecule has 106 valence electrons. The lowest BCUT2D eigenvalue weighted by molar-refractivity contribution is -0.0525. The van der Waals surface area contributed by atoms with E-state index in [1.807, 2.05) is 19.2 Å². The third-order valence-electron chi connectivity index (χ3n) is 4.76. The Morgan fingerprint density at radius 2 is 1.79 bits per heavy atom. The van der Waals surface area contributed by atoms with Crippen LogP contribution in [-0.4, -0.2) is 12.7 Å². The molecule has 0 bridgehead atoms. The average molecular weight is 264 g/mol. The van der Waals surface area contributed by atoms with Crippen molar-refractivity contribution in [2.24, 2.45) is 11.8 Å². The van der Waals surface area contributed by atoms with Gasteiger partial charge in [-0.15, -0.1) is 0 Å². The van der Waals surface area contributed by atoms with Crippen molar-refractivity contribution in [3.05, 3.63) is 35.6 Å². The van der Waals surface area contributed by atoms with Crippen LogP contribution in [-0.2, 0) is 11.2 Å². The summed E-state index contributed by atoms with van der Waals surface area (Å²) in [5, 5.41) is 0. The molecule has 1 aliphatic rings. The second kappa shape index (κ2) is 6.04. The molecule has 19 heavy (non-hydrogen) atoms. The normalized spacial score (nSPS) is 27.7. The van der Waals surface area contributed by atoms with Gasteiger partial charge in [-0.25, -0.2) is 4.39 Å². The minimum absolute atomic E-state index is 0.0385. The van der Waals surface area contributed by atoms with Crippen molar-refractivity contribution < 1.29 is 9.13 Å². The number of hydrogen-bond donors (Lipinski definition) is 0. The van der Waals surface area contributed by atoms with Crippen LogP contribution < -0.4 is 0 Å². The van der Waals surface area contributed by atoms with Crippen LogP contribution in [0.25, 0.3) is 0 Å². The van der Waals surface area contributed by atoms with Crippen molar-refractivity contribution in [1.82, 2.24) is 0 Å². The molecule has 0 amide bonds. The molecule has 0 heterocycles. The van der Waals surface area contributed by atoms with E-state index in [2.05, 4.69) is 13.8 Å². The summed E-state index contributed by atoms with van der Waals surface area (Å²) in [6, 6.07) is 6.84. The molecule has 2 rings (SSSR count). The van der Waals surface area contributed by atoms with E-state index in [0.29, 0.717) is 0 Å². The van der Waals surface area contributed by atoms with Gasteiger partial charge in [0.05, 0.1) is 5.60 Å². The van der Waals surface area contributed by atoms with Gasteiger partial charge < -0.3 is 4.74 Å². The molecule has 2 heteroatoms. The number of rotatable bonds is 4. The van der Waals surface area contributed by atoms with Crippen molar-refractivity contribution in [2.75, 3.05) is 7.11 Å². The summed E-state index contributed by atoms with van der Waals surface area (Å²) in [6.07, 6.45) is 5.61. The quantitative estimate of drug-likeness (QED) is 0.772. The maximum Gasteiger partial charge on any atom is 0.123 e. The molecule has 0 spiro atoms. The Morgan fingerprint density at radius 3 is 2.26 bits per heavy atom. The van der Waals surface area contributed by atoms with E-state index < -0.39 is 0 Å². The van der Waals surface area contributed by atoms with E-state index in [9.17, 15) is 4.39 Å². The number of ether oxygens (including phenoxy) is 1. The molecule has 1 saturated carbocycles. The van der Waals surface area contributed by atoms with Gasteiger partial charge in [0.15, 0.2) is 0 Å². The van der Waals surface area contributed by atoms with Crippen LogP contribution in [0.15, 0.2) is 24.3 Å². The molecule has 1 fully saturated rings. The molecule has 1 nitrogen and oxygen atoms in total. The van der Waals surface area contributed by atoms with Crippen molar-refractivity contribution in [1.29, 1.82) is 0 Å². The summed E-state index contributed by atoms with van der Waals surface area (Å²) >= 11 is 0. The summed E-state index contributed by atoms with van der Waals surface area (Å²) < 4.78 is 18.8. The van der Waals surface area contributed by atoms with Gasteiger partial charge in [0.1, 0.15) is 5.82 Å². The van der Waals surface area contributed by atoms with Crippen molar-refractivity contribution in [3.8, 4) is 0 Å². The van der Waals surface area contributed by atoms with E-state index >= 15 is 0 Å². The van der Waals surface area contributed by atoms with Gasteiger partial charge in [0, 0.05) is 13.5 Å². The maximum atomic E-state index is 13.0. The Labute approximate surface area is 116 Å². The highest BCUT2D eigenvalue weighted by Gasteiger charge is 2.36. The molecule has 1 aliphatic carbocycles. The number of hydrogen-bond acceptors (Lipinski definition) is 1. The zero-order valence-electron chi connectivity index (χ0n) is 12.3. The van der Waals surface area contributed by atoms with E-state index in [4.69, 9.17) is 4.74 Å². The molecule has 0 saturated heterocycles. The van der Waals surface area contributed by atoms with Gasteiger partial charge in [-0.1, -0.05) is 26.0 Å². The Hall–Kier alpha value is -0.890. The Morgan fingerprint density at radius 1 is 1.21 bits per heavy atom. The van der Waals surface area contributed by atoms with Gasteiger partial charge in [0.2, 0.25) is 0 Å². The summed E-state index contributed by atoms with van der Waals surface area (Å²) in [6.45, 7) is 4.62. The summed E-state index contributed by atoms with van der Waals surface area (Å²) in [7, 11) is 1.82. The first-order chi connectivity index (χ1) is 9.04. The van der Waals surface area contributed by atoms with Crippen LogP contribution in [0.1, 0.15) is 45.1 Å². The average Bonchev–Trinajstić information content (AvgIpc) is 2.42. The lowest BCUT2D eigenvalue weighted by atomic mass is 9.72. The van der Waals surface area contributed by atoms with Crippen LogP contribution in [0.3, 0.4) is 0 Å². The first-order valence-electron chi connectivity index (χ1n) is 7.34. The van der Waals surface area contributed by atoms with Crippen LogP contribution in [0.2, 0.25) is 0 Å². The smallest absolute Gasteiger partial charge is 0.123 e. The Bertz CT molecular complexity index is 388. The fourth-order valence-electron chi connectivity index (χ4n) is 3.26. The van der Waals surface area contributed by atoms with Gasteiger partial charge >= 0.3 is 0 Å². The predicted molar refractivity (Wildman–Crippen MR) is 76.6 cm³/mol. The van der Waals surface area contributed by atoms with Crippen LogP contribution in [0.4, 0.5) is 4.39 Å². The molecule has 0 aromatic heterocycles. The highest BCUT2D eigenvalue weighted by molar-refractivity contribution is 5.18. The van der Waals surface area contributed by atoms with Crippen molar-refractivity contribution >= 4 is 0 Å². The third-order valence-corrected chi connectivity index (χ3v) is 4.76. The SMILES string of the molecule is COC1(Cc2ccc(F)cc2)CCC(C(C)C)CC1. The second-order valence-corrected chi connectivity index (χ2v) is 6.27. The Kier molecular flexibility index (Phi) is 4.62. The topological polar surface area (TPSA) is 9.23 Å². The largest absolute Gasteiger partial charge is 0.378 e. The number of halogens is 1. The zero-order chi connectivity index (χ0) is 13.9.